The highest BCUT2D eigenvalue weighted by Gasteiger charge is 2.21. The Bertz CT molecular complexity index is 76.6. The van der Waals surface area contributed by atoms with Crippen molar-refractivity contribution in [1.82, 2.24) is 0 Å². The van der Waals surface area contributed by atoms with E-state index in [2.05, 4.69) is 27.7 Å². The lowest BCUT2D eigenvalue weighted by Crippen LogP contribution is -2.27. The SMILES string of the molecule is CCC(C)(C)[C@H](C)CN. The summed E-state index contributed by atoms with van der Waals surface area (Å²) in [7, 11) is 0. The van der Waals surface area contributed by atoms with Crippen molar-refractivity contribution in [2.45, 2.75) is 34.1 Å². The van der Waals surface area contributed by atoms with Crippen LogP contribution in [0.25, 0.3) is 0 Å². The summed E-state index contributed by atoms with van der Waals surface area (Å²) in [4.78, 5) is 0. The van der Waals surface area contributed by atoms with Gasteiger partial charge in [0, 0.05) is 0 Å². The normalized spacial score (nSPS) is 15.7. The summed E-state index contributed by atoms with van der Waals surface area (Å²) in [5.41, 5.74) is 5.96. The molecule has 0 spiro atoms. The van der Waals surface area contributed by atoms with Gasteiger partial charge in [-0.2, -0.15) is 0 Å². The molecular formula is C8H19N. The second-order valence-corrected chi connectivity index (χ2v) is 3.48. The first-order chi connectivity index (χ1) is 4.04. The first kappa shape index (κ1) is 8.96. The van der Waals surface area contributed by atoms with E-state index in [1.807, 2.05) is 0 Å². The lowest BCUT2D eigenvalue weighted by Gasteiger charge is -2.29. The molecule has 0 radical (unpaired) electrons. The van der Waals surface area contributed by atoms with E-state index in [4.69, 9.17) is 5.73 Å². The highest BCUT2D eigenvalue weighted by atomic mass is 14.6. The predicted octanol–water partition coefficient (Wildman–Crippen LogP) is 2.02. The molecule has 0 aromatic rings. The summed E-state index contributed by atoms with van der Waals surface area (Å²) in [6, 6.07) is 0. The van der Waals surface area contributed by atoms with E-state index >= 15 is 0 Å². The van der Waals surface area contributed by atoms with Gasteiger partial charge in [0.2, 0.25) is 0 Å². The lowest BCUT2D eigenvalue weighted by atomic mass is 9.78. The van der Waals surface area contributed by atoms with Crippen LogP contribution in [0.5, 0.6) is 0 Å². The van der Waals surface area contributed by atoms with Crippen LogP contribution in [0.4, 0.5) is 0 Å². The molecule has 1 heteroatoms. The number of hydrogen-bond donors (Lipinski definition) is 1. The van der Waals surface area contributed by atoms with Gasteiger partial charge >= 0.3 is 0 Å². The largest absolute Gasteiger partial charge is 0.330 e. The third kappa shape index (κ3) is 2.35. The molecule has 2 N–H and O–H groups in total. The number of hydrogen-bond acceptors (Lipinski definition) is 1. The van der Waals surface area contributed by atoms with E-state index < -0.39 is 0 Å². The lowest BCUT2D eigenvalue weighted by molar-refractivity contribution is 0.228. The summed E-state index contributed by atoms with van der Waals surface area (Å²) < 4.78 is 0. The first-order valence-electron chi connectivity index (χ1n) is 3.74. The zero-order valence-corrected chi connectivity index (χ0v) is 7.07. The van der Waals surface area contributed by atoms with Gasteiger partial charge in [-0.3, -0.25) is 0 Å². The summed E-state index contributed by atoms with van der Waals surface area (Å²) in [5, 5.41) is 0. The molecule has 0 aliphatic rings. The van der Waals surface area contributed by atoms with Gasteiger partial charge in [0.25, 0.3) is 0 Å². The molecule has 0 aliphatic carbocycles. The first-order valence-corrected chi connectivity index (χ1v) is 3.74. The molecule has 0 saturated heterocycles. The smallest absolute Gasteiger partial charge is 0.00464 e. The highest BCUT2D eigenvalue weighted by Crippen LogP contribution is 2.28. The summed E-state index contributed by atoms with van der Waals surface area (Å²) in [6.07, 6.45) is 1.21. The van der Waals surface area contributed by atoms with Crippen molar-refractivity contribution < 1.29 is 0 Å². The maximum Gasteiger partial charge on any atom is -0.00464 e. The molecule has 0 bridgehead atoms. The van der Waals surface area contributed by atoms with Crippen LogP contribution in [0, 0.1) is 11.3 Å². The maximum atomic E-state index is 5.53. The van der Waals surface area contributed by atoms with Gasteiger partial charge in [0.1, 0.15) is 0 Å². The number of rotatable bonds is 3. The van der Waals surface area contributed by atoms with Crippen LogP contribution >= 0.6 is 0 Å². The van der Waals surface area contributed by atoms with Crippen LogP contribution in [-0.4, -0.2) is 6.54 Å². The second-order valence-electron chi connectivity index (χ2n) is 3.48. The summed E-state index contributed by atoms with van der Waals surface area (Å²) >= 11 is 0. The van der Waals surface area contributed by atoms with Crippen LogP contribution in [-0.2, 0) is 0 Å². The molecular weight excluding hydrogens is 110 g/mol. The standard InChI is InChI=1S/C8H19N/c1-5-8(3,4)7(2)6-9/h7H,5-6,9H2,1-4H3/t7-/m1/s1. The van der Waals surface area contributed by atoms with Gasteiger partial charge in [-0.05, 0) is 17.9 Å². The minimum atomic E-state index is 0.425. The van der Waals surface area contributed by atoms with Crippen LogP contribution in [0.2, 0.25) is 0 Å². The second kappa shape index (κ2) is 3.21. The van der Waals surface area contributed by atoms with Crippen molar-refractivity contribution in [3.63, 3.8) is 0 Å². The molecule has 0 aliphatic heterocycles. The minimum Gasteiger partial charge on any atom is -0.330 e. The number of nitrogens with two attached hydrogens (primary N) is 1. The Morgan fingerprint density at radius 1 is 1.44 bits per heavy atom. The van der Waals surface area contributed by atoms with E-state index in [-0.39, 0.29) is 0 Å². The van der Waals surface area contributed by atoms with Crippen LogP contribution in [0.15, 0.2) is 0 Å². The van der Waals surface area contributed by atoms with Gasteiger partial charge in [-0.25, -0.2) is 0 Å². The third-order valence-corrected chi connectivity index (χ3v) is 2.60. The van der Waals surface area contributed by atoms with E-state index in [9.17, 15) is 0 Å². The fourth-order valence-electron chi connectivity index (χ4n) is 0.667. The molecule has 0 unspecified atom stereocenters. The molecule has 0 rings (SSSR count). The molecule has 56 valence electrons. The van der Waals surface area contributed by atoms with Gasteiger partial charge in [0.05, 0.1) is 0 Å². The van der Waals surface area contributed by atoms with Crippen LogP contribution in [0.3, 0.4) is 0 Å². The van der Waals surface area contributed by atoms with Crippen molar-refractivity contribution >= 4 is 0 Å². The molecule has 0 saturated carbocycles. The van der Waals surface area contributed by atoms with Crippen molar-refractivity contribution in [2.24, 2.45) is 17.1 Å². The zero-order valence-electron chi connectivity index (χ0n) is 7.07. The Kier molecular flexibility index (Phi) is 3.20. The van der Waals surface area contributed by atoms with Gasteiger partial charge < -0.3 is 5.73 Å². The average molecular weight is 129 g/mol. The summed E-state index contributed by atoms with van der Waals surface area (Å²) in [5.74, 6) is 0.641. The monoisotopic (exact) mass is 129 g/mol. The minimum absolute atomic E-state index is 0.425. The zero-order chi connectivity index (χ0) is 7.49. The van der Waals surface area contributed by atoms with Crippen molar-refractivity contribution in [3.05, 3.63) is 0 Å². The third-order valence-electron chi connectivity index (χ3n) is 2.60. The molecule has 0 heterocycles. The molecule has 0 fully saturated rings. The van der Waals surface area contributed by atoms with Gasteiger partial charge in [-0.1, -0.05) is 34.1 Å². The molecule has 0 aromatic heterocycles. The van der Waals surface area contributed by atoms with E-state index in [1.54, 1.807) is 0 Å². The van der Waals surface area contributed by atoms with E-state index in [0.29, 0.717) is 11.3 Å². The fourth-order valence-corrected chi connectivity index (χ4v) is 0.667. The molecule has 9 heavy (non-hydrogen) atoms. The molecule has 1 atom stereocenters. The fraction of sp³-hybridized carbons (Fsp3) is 1.00. The van der Waals surface area contributed by atoms with Gasteiger partial charge in [0.15, 0.2) is 0 Å². The summed E-state index contributed by atoms with van der Waals surface area (Å²) in [6.45, 7) is 9.77. The molecule has 0 amide bonds. The Morgan fingerprint density at radius 2 is 1.89 bits per heavy atom. The molecule has 0 aromatic carbocycles. The van der Waals surface area contributed by atoms with Crippen LogP contribution < -0.4 is 5.73 Å². The predicted molar refractivity (Wildman–Crippen MR) is 42.3 cm³/mol. The quantitative estimate of drug-likeness (QED) is 0.620. The van der Waals surface area contributed by atoms with E-state index in [0.717, 1.165) is 6.54 Å². The van der Waals surface area contributed by atoms with Crippen LogP contribution in [0.1, 0.15) is 34.1 Å². The van der Waals surface area contributed by atoms with E-state index in [1.165, 1.54) is 6.42 Å². The van der Waals surface area contributed by atoms with Crippen molar-refractivity contribution in [3.8, 4) is 0 Å². The van der Waals surface area contributed by atoms with Crippen molar-refractivity contribution in [2.75, 3.05) is 6.54 Å². The Balaban J connectivity index is 3.80. The Morgan fingerprint density at radius 3 is 2.00 bits per heavy atom. The Labute approximate surface area is 58.6 Å². The maximum absolute atomic E-state index is 5.53. The highest BCUT2D eigenvalue weighted by molar-refractivity contribution is 4.73. The Hall–Kier alpha value is -0.0400. The molecule has 1 nitrogen and oxygen atoms in total. The topological polar surface area (TPSA) is 26.0 Å². The average Bonchev–Trinajstić information content (AvgIpc) is 1.86. The van der Waals surface area contributed by atoms with Gasteiger partial charge in [-0.15, -0.1) is 0 Å². The van der Waals surface area contributed by atoms with Crippen molar-refractivity contribution in [1.29, 1.82) is 0 Å².